The highest BCUT2D eigenvalue weighted by molar-refractivity contribution is 5.86. The molecule has 2 fully saturated rings. The quantitative estimate of drug-likeness (QED) is 0.585. The lowest BCUT2D eigenvalue weighted by Gasteiger charge is -2.37. The van der Waals surface area contributed by atoms with Crippen LogP contribution in [0.5, 0.6) is 6.01 Å². The number of nitrogens with one attached hydrogen (secondary N) is 1. The van der Waals surface area contributed by atoms with E-state index in [0.717, 1.165) is 31.4 Å². The smallest absolute Gasteiger partial charge is 0.337 e. The first-order valence-electron chi connectivity index (χ1n) is 9.90. The van der Waals surface area contributed by atoms with Gasteiger partial charge in [0.1, 0.15) is 5.39 Å². The number of hydrogen-bond donors (Lipinski definition) is 1. The molecule has 0 radical (unpaired) electrons. The molecule has 2 bridgehead atoms. The van der Waals surface area contributed by atoms with Crippen molar-refractivity contribution in [3.05, 3.63) is 44.9 Å². The highest BCUT2D eigenvalue weighted by atomic mass is 16.6. The van der Waals surface area contributed by atoms with E-state index in [9.17, 15) is 9.59 Å². The Labute approximate surface area is 167 Å². The second-order valence-corrected chi connectivity index (χ2v) is 7.27. The van der Waals surface area contributed by atoms with Crippen molar-refractivity contribution in [2.75, 3.05) is 6.61 Å². The van der Waals surface area contributed by atoms with Crippen LogP contribution in [-0.2, 0) is 11.2 Å². The zero-order valence-corrected chi connectivity index (χ0v) is 16.6. The topological polar surface area (TPSA) is 110 Å². The Morgan fingerprint density at radius 3 is 2.72 bits per heavy atom. The summed E-state index contributed by atoms with van der Waals surface area (Å²) in [6.07, 6.45) is 4.07. The number of aromatic nitrogens is 2. The molecule has 0 aliphatic carbocycles. The van der Waals surface area contributed by atoms with E-state index in [0.29, 0.717) is 24.5 Å². The molecule has 0 saturated carbocycles. The Morgan fingerprint density at radius 2 is 2.07 bits per heavy atom. The average molecular weight is 400 g/mol. The molecule has 29 heavy (non-hydrogen) atoms. The fourth-order valence-electron chi connectivity index (χ4n) is 4.27. The number of aryl methyl sites for hydroxylation is 1. The highest BCUT2D eigenvalue weighted by Crippen LogP contribution is 2.37. The van der Waals surface area contributed by atoms with Gasteiger partial charge in [0.05, 0.1) is 12.3 Å². The number of H-pyrrole nitrogens is 1. The number of nitrogens with zero attached hydrogens (tertiary/aromatic N) is 3. The first kappa shape index (κ1) is 19.2. The number of piperidine rings is 1. The average Bonchev–Trinajstić information content (AvgIpc) is 2.96. The first-order valence-corrected chi connectivity index (χ1v) is 9.90. The minimum atomic E-state index is -0.553. The third-order valence-corrected chi connectivity index (χ3v) is 5.48. The molecule has 0 amide bonds. The lowest BCUT2D eigenvalue weighted by molar-refractivity contribution is 0.0854. The monoisotopic (exact) mass is 400 g/mol. The van der Waals surface area contributed by atoms with Gasteiger partial charge in [-0.15, -0.1) is 0 Å². The Hall–Kier alpha value is -3.10. The van der Waals surface area contributed by atoms with Crippen LogP contribution in [0.25, 0.3) is 11.1 Å². The van der Waals surface area contributed by atoms with E-state index in [1.807, 2.05) is 13.8 Å². The van der Waals surface area contributed by atoms with Gasteiger partial charge in [-0.3, -0.25) is 9.78 Å². The normalized spacial score (nSPS) is 20.8. The molecule has 0 spiro atoms. The molecule has 9 heteroatoms. The molecular formula is C20H24N4O5. The Morgan fingerprint density at radius 1 is 1.34 bits per heavy atom. The molecule has 4 rings (SSSR count). The molecule has 9 nitrogen and oxygen atoms in total. The van der Waals surface area contributed by atoms with E-state index in [2.05, 4.69) is 26.6 Å². The van der Waals surface area contributed by atoms with Crippen molar-refractivity contribution in [2.24, 2.45) is 5.16 Å². The van der Waals surface area contributed by atoms with Gasteiger partial charge in [0, 0.05) is 31.0 Å². The van der Waals surface area contributed by atoms with Gasteiger partial charge >= 0.3 is 11.6 Å². The molecule has 154 valence electrons. The van der Waals surface area contributed by atoms with Crippen LogP contribution in [0.15, 0.2) is 37.7 Å². The number of rotatable bonds is 6. The van der Waals surface area contributed by atoms with Crippen molar-refractivity contribution in [3.63, 3.8) is 0 Å². The molecule has 2 atom stereocenters. The summed E-state index contributed by atoms with van der Waals surface area (Å²) < 4.78 is 10.7. The van der Waals surface area contributed by atoms with Gasteiger partial charge in [0.25, 0.3) is 5.56 Å². The van der Waals surface area contributed by atoms with Crippen molar-refractivity contribution in [1.29, 1.82) is 0 Å². The van der Waals surface area contributed by atoms with E-state index in [-0.39, 0.29) is 29.2 Å². The third-order valence-electron chi connectivity index (χ3n) is 5.48. The summed E-state index contributed by atoms with van der Waals surface area (Å²) in [5.74, 6) is 0.710. The maximum absolute atomic E-state index is 12.4. The molecular weight excluding hydrogens is 376 g/mol. The minimum Gasteiger partial charge on any atom is -0.480 e. The fraction of sp³-hybridized carbons (Fsp3) is 0.500. The number of ether oxygens (including phenoxy) is 1. The summed E-state index contributed by atoms with van der Waals surface area (Å²) in [5, 5.41) is 4.47. The molecule has 2 aromatic heterocycles. The van der Waals surface area contributed by atoms with Crippen molar-refractivity contribution < 1.29 is 14.0 Å². The van der Waals surface area contributed by atoms with Crippen LogP contribution in [0.1, 0.15) is 45.1 Å². The molecule has 2 aliphatic rings. The molecule has 2 aromatic rings. The van der Waals surface area contributed by atoms with Gasteiger partial charge in [-0.25, -0.2) is 4.79 Å². The van der Waals surface area contributed by atoms with Crippen molar-refractivity contribution >= 4 is 16.8 Å². The fourth-order valence-corrected chi connectivity index (χ4v) is 4.27. The maximum Gasteiger partial charge on any atom is 0.337 e. The van der Waals surface area contributed by atoms with E-state index in [1.165, 1.54) is 6.07 Å². The van der Waals surface area contributed by atoms with E-state index in [1.54, 1.807) is 0 Å². The zero-order valence-electron chi connectivity index (χ0n) is 16.6. The lowest BCUT2D eigenvalue weighted by Crippen LogP contribution is -2.42. The minimum absolute atomic E-state index is 0.0452. The van der Waals surface area contributed by atoms with Gasteiger partial charge in [-0.05, 0) is 38.3 Å². The number of aromatic amines is 1. The SMILES string of the molecule is C=C(OCC)N1C2CCC1CC(=NOc1nc3oc(=O)cc(CC)c3c(=O)[nH]1)C2. The molecule has 0 aromatic carbocycles. The second kappa shape index (κ2) is 7.73. The second-order valence-electron chi connectivity index (χ2n) is 7.27. The predicted octanol–water partition coefficient (Wildman–Crippen LogP) is 2.31. The Balaban J connectivity index is 1.55. The van der Waals surface area contributed by atoms with Crippen LogP contribution in [0, 0.1) is 0 Å². The molecule has 1 N–H and O–H groups in total. The molecule has 4 heterocycles. The van der Waals surface area contributed by atoms with Gasteiger partial charge < -0.3 is 18.9 Å². The lowest BCUT2D eigenvalue weighted by atomic mass is 10.0. The van der Waals surface area contributed by atoms with Crippen LogP contribution in [0.3, 0.4) is 0 Å². The first-order chi connectivity index (χ1) is 14.0. The summed E-state index contributed by atoms with van der Waals surface area (Å²) >= 11 is 0. The van der Waals surface area contributed by atoms with E-state index in [4.69, 9.17) is 14.0 Å². The summed E-state index contributed by atoms with van der Waals surface area (Å²) in [7, 11) is 0. The van der Waals surface area contributed by atoms with Crippen molar-refractivity contribution in [2.45, 2.75) is 58.0 Å². The number of oxime groups is 1. The van der Waals surface area contributed by atoms with Crippen LogP contribution in [0.4, 0.5) is 0 Å². The largest absolute Gasteiger partial charge is 0.480 e. The summed E-state index contributed by atoms with van der Waals surface area (Å²) in [4.78, 5) is 38.4. The predicted molar refractivity (Wildman–Crippen MR) is 107 cm³/mol. The highest BCUT2D eigenvalue weighted by Gasteiger charge is 2.40. The molecule has 2 saturated heterocycles. The van der Waals surface area contributed by atoms with E-state index >= 15 is 0 Å². The van der Waals surface area contributed by atoms with Crippen molar-refractivity contribution in [1.82, 2.24) is 14.9 Å². The Bertz CT molecular complexity index is 1070. The maximum atomic E-state index is 12.4. The standard InChI is InChI=1S/C20H24N4O5/c1-4-12-8-16(25)28-19-17(12)18(26)21-20(22-19)29-23-13-9-14-6-7-15(10-13)24(14)11(3)27-5-2/h8,14-15H,3-7,9-10H2,1-2H3,(H,21,22,26). The Kier molecular flexibility index (Phi) is 5.12. The van der Waals surface area contributed by atoms with Crippen LogP contribution < -0.4 is 16.0 Å². The molecule has 2 aliphatic heterocycles. The molecule has 2 unspecified atom stereocenters. The van der Waals surface area contributed by atoms with E-state index < -0.39 is 11.2 Å². The van der Waals surface area contributed by atoms with Gasteiger partial charge in [0.2, 0.25) is 5.71 Å². The number of fused-ring (bicyclic) bond motifs is 3. The van der Waals surface area contributed by atoms with Crippen LogP contribution in [-0.4, -0.2) is 39.3 Å². The van der Waals surface area contributed by atoms with Gasteiger partial charge in [0.15, 0.2) is 5.88 Å². The summed E-state index contributed by atoms with van der Waals surface area (Å²) in [6, 6.07) is 1.77. The number of hydrogen-bond acceptors (Lipinski definition) is 8. The summed E-state index contributed by atoms with van der Waals surface area (Å²) in [5.41, 5.74) is 0.457. The third kappa shape index (κ3) is 3.64. The van der Waals surface area contributed by atoms with Crippen LogP contribution in [0.2, 0.25) is 0 Å². The van der Waals surface area contributed by atoms with Gasteiger partial charge in [-0.1, -0.05) is 12.1 Å². The summed E-state index contributed by atoms with van der Waals surface area (Å²) in [6.45, 7) is 8.42. The van der Waals surface area contributed by atoms with Crippen LogP contribution >= 0.6 is 0 Å². The van der Waals surface area contributed by atoms with Crippen molar-refractivity contribution in [3.8, 4) is 6.01 Å². The zero-order chi connectivity index (χ0) is 20.5. The van der Waals surface area contributed by atoms with Gasteiger partial charge in [-0.2, -0.15) is 4.98 Å².